The number of rotatable bonds is 5. The van der Waals surface area contributed by atoms with Crippen molar-refractivity contribution in [3.8, 4) is 11.6 Å². The highest BCUT2D eigenvalue weighted by Crippen LogP contribution is 2.47. The standard InChI is InChI=1S/C18H18FNO2/c1-3-16(21)12-10-15(19)17(20-11-12)22-14-6-4-13(5-7-14)18(2)8-9-18/h4-7,10-11H,3,8-9H2,1-2H3. The van der Waals surface area contributed by atoms with Crippen LogP contribution in [0.3, 0.4) is 0 Å². The molecule has 0 bridgehead atoms. The van der Waals surface area contributed by atoms with Crippen LogP contribution in [0.15, 0.2) is 36.5 Å². The Balaban J connectivity index is 1.76. The lowest BCUT2D eigenvalue weighted by atomic mass is 9.99. The van der Waals surface area contributed by atoms with Gasteiger partial charge in [-0.25, -0.2) is 9.37 Å². The summed E-state index contributed by atoms with van der Waals surface area (Å²) < 4.78 is 19.4. The van der Waals surface area contributed by atoms with Crippen molar-refractivity contribution in [3.05, 3.63) is 53.5 Å². The number of aromatic nitrogens is 1. The lowest BCUT2D eigenvalue weighted by Crippen LogP contribution is -2.01. The lowest BCUT2D eigenvalue weighted by Gasteiger charge is -2.10. The van der Waals surface area contributed by atoms with Crippen LogP contribution >= 0.6 is 0 Å². The number of hydrogen-bond donors (Lipinski definition) is 0. The van der Waals surface area contributed by atoms with Gasteiger partial charge in [-0.15, -0.1) is 0 Å². The Hall–Kier alpha value is -2.23. The van der Waals surface area contributed by atoms with Crippen molar-refractivity contribution < 1.29 is 13.9 Å². The lowest BCUT2D eigenvalue weighted by molar-refractivity contribution is 0.0987. The summed E-state index contributed by atoms with van der Waals surface area (Å²) in [6.45, 7) is 3.96. The van der Waals surface area contributed by atoms with Gasteiger partial charge in [0, 0.05) is 18.2 Å². The number of nitrogens with zero attached hydrogens (tertiary/aromatic N) is 1. The van der Waals surface area contributed by atoms with Gasteiger partial charge in [-0.05, 0) is 42.0 Å². The molecule has 1 aliphatic rings. The first-order valence-electron chi connectivity index (χ1n) is 7.49. The third-order valence-electron chi connectivity index (χ3n) is 4.22. The van der Waals surface area contributed by atoms with E-state index >= 15 is 0 Å². The van der Waals surface area contributed by atoms with Crippen LogP contribution in [0, 0.1) is 5.82 Å². The van der Waals surface area contributed by atoms with Gasteiger partial charge in [-0.2, -0.15) is 0 Å². The Morgan fingerprint density at radius 3 is 2.55 bits per heavy atom. The molecule has 1 heterocycles. The molecule has 0 amide bonds. The van der Waals surface area contributed by atoms with Gasteiger partial charge in [0.1, 0.15) is 5.75 Å². The summed E-state index contributed by atoms with van der Waals surface area (Å²) in [7, 11) is 0. The highest BCUT2D eigenvalue weighted by Gasteiger charge is 2.38. The molecule has 22 heavy (non-hydrogen) atoms. The van der Waals surface area contributed by atoms with Crippen LogP contribution in [0.5, 0.6) is 11.6 Å². The van der Waals surface area contributed by atoms with E-state index in [0.29, 0.717) is 17.6 Å². The number of carbonyl (C=O) groups excluding carboxylic acids is 1. The zero-order chi connectivity index (χ0) is 15.7. The number of carbonyl (C=O) groups is 1. The smallest absolute Gasteiger partial charge is 0.255 e. The normalized spacial score (nSPS) is 15.4. The van der Waals surface area contributed by atoms with Crippen LogP contribution in [0.25, 0.3) is 0 Å². The highest BCUT2D eigenvalue weighted by molar-refractivity contribution is 5.95. The third kappa shape index (κ3) is 2.86. The molecule has 1 aromatic carbocycles. The number of halogens is 1. The molecule has 114 valence electrons. The molecule has 1 fully saturated rings. The second-order valence-corrected chi connectivity index (χ2v) is 5.97. The molecule has 0 saturated heterocycles. The first-order chi connectivity index (χ1) is 10.5. The predicted octanol–water partition coefficient (Wildman–Crippen LogP) is 4.66. The SMILES string of the molecule is CCC(=O)c1cnc(Oc2ccc(C3(C)CC3)cc2)c(F)c1. The van der Waals surface area contributed by atoms with Gasteiger partial charge in [-0.1, -0.05) is 26.0 Å². The first-order valence-corrected chi connectivity index (χ1v) is 7.49. The molecular formula is C18H18FNO2. The van der Waals surface area contributed by atoms with Crippen molar-refractivity contribution in [3.63, 3.8) is 0 Å². The fraction of sp³-hybridized carbons (Fsp3) is 0.333. The van der Waals surface area contributed by atoms with E-state index in [-0.39, 0.29) is 17.2 Å². The summed E-state index contributed by atoms with van der Waals surface area (Å²) in [5.74, 6) is -0.343. The number of hydrogen-bond acceptors (Lipinski definition) is 3. The molecule has 0 N–H and O–H groups in total. The van der Waals surface area contributed by atoms with Crippen molar-refractivity contribution in [1.29, 1.82) is 0 Å². The quantitative estimate of drug-likeness (QED) is 0.754. The summed E-state index contributed by atoms with van der Waals surface area (Å²) in [5.41, 5.74) is 1.84. The molecule has 2 aromatic rings. The Labute approximate surface area is 129 Å². The van der Waals surface area contributed by atoms with Crippen molar-refractivity contribution in [1.82, 2.24) is 4.98 Å². The van der Waals surface area contributed by atoms with Gasteiger partial charge in [-0.3, -0.25) is 4.79 Å². The maximum atomic E-state index is 14.0. The number of ketones is 1. The van der Waals surface area contributed by atoms with E-state index in [1.807, 2.05) is 24.3 Å². The summed E-state index contributed by atoms with van der Waals surface area (Å²) in [4.78, 5) is 15.4. The highest BCUT2D eigenvalue weighted by atomic mass is 19.1. The molecule has 3 nitrogen and oxygen atoms in total. The van der Waals surface area contributed by atoms with Gasteiger partial charge in [0.05, 0.1) is 0 Å². The second-order valence-electron chi connectivity index (χ2n) is 5.97. The number of ether oxygens (including phenoxy) is 1. The average Bonchev–Trinajstić information content (AvgIpc) is 3.28. The molecule has 0 atom stereocenters. The van der Waals surface area contributed by atoms with Crippen LogP contribution in [-0.4, -0.2) is 10.8 Å². The van der Waals surface area contributed by atoms with E-state index in [1.165, 1.54) is 30.7 Å². The summed E-state index contributed by atoms with van der Waals surface area (Å²) in [6.07, 6.45) is 4.08. The number of benzene rings is 1. The summed E-state index contributed by atoms with van der Waals surface area (Å²) >= 11 is 0. The Morgan fingerprint density at radius 1 is 1.32 bits per heavy atom. The minimum absolute atomic E-state index is 0.113. The van der Waals surface area contributed by atoms with Gasteiger partial charge in [0.2, 0.25) is 0 Å². The predicted molar refractivity (Wildman–Crippen MR) is 81.9 cm³/mol. The average molecular weight is 299 g/mol. The van der Waals surface area contributed by atoms with E-state index in [4.69, 9.17) is 4.74 Å². The van der Waals surface area contributed by atoms with E-state index in [9.17, 15) is 9.18 Å². The fourth-order valence-electron chi connectivity index (χ4n) is 2.37. The first kappa shape index (κ1) is 14.7. The van der Waals surface area contributed by atoms with E-state index in [1.54, 1.807) is 6.92 Å². The van der Waals surface area contributed by atoms with Gasteiger partial charge in [0.15, 0.2) is 11.6 Å². The molecule has 0 radical (unpaired) electrons. The molecule has 0 spiro atoms. The zero-order valence-electron chi connectivity index (χ0n) is 12.7. The molecule has 4 heteroatoms. The monoisotopic (exact) mass is 299 g/mol. The van der Waals surface area contributed by atoms with Crippen LogP contribution in [-0.2, 0) is 5.41 Å². The topological polar surface area (TPSA) is 39.2 Å². The summed E-state index contributed by atoms with van der Waals surface area (Å²) in [6, 6.07) is 8.84. The molecule has 1 aromatic heterocycles. The van der Waals surface area contributed by atoms with E-state index < -0.39 is 5.82 Å². The van der Waals surface area contributed by atoms with Crippen LogP contribution < -0.4 is 4.74 Å². The fourth-order valence-corrected chi connectivity index (χ4v) is 2.37. The maximum Gasteiger partial charge on any atom is 0.255 e. The maximum absolute atomic E-state index is 14.0. The molecular weight excluding hydrogens is 281 g/mol. The Morgan fingerprint density at radius 2 is 2.00 bits per heavy atom. The molecule has 0 unspecified atom stereocenters. The Bertz CT molecular complexity index is 706. The van der Waals surface area contributed by atoms with E-state index in [2.05, 4.69) is 11.9 Å². The molecule has 0 aliphatic heterocycles. The minimum Gasteiger partial charge on any atom is -0.436 e. The molecule has 3 rings (SSSR count). The number of pyridine rings is 1. The van der Waals surface area contributed by atoms with Crippen molar-refractivity contribution in [2.75, 3.05) is 0 Å². The van der Waals surface area contributed by atoms with Crippen LogP contribution in [0.2, 0.25) is 0 Å². The van der Waals surface area contributed by atoms with Crippen molar-refractivity contribution >= 4 is 5.78 Å². The number of Topliss-reactive ketones (excluding diaryl/α,β-unsaturated/α-hetero) is 1. The molecule has 1 saturated carbocycles. The minimum atomic E-state index is -0.627. The van der Waals surface area contributed by atoms with Crippen molar-refractivity contribution in [2.45, 2.75) is 38.5 Å². The van der Waals surface area contributed by atoms with Crippen LogP contribution in [0.4, 0.5) is 4.39 Å². The second kappa shape index (κ2) is 5.52. The Kier molecular flexibility index (Phi) is 3.69. The van der Waals surface area contributed by atoms with Crippen molar-refractivity contribution in [2.24, 2.45) is 0 Å². The molecule has 1 aliphatic carbocycles. The largest absolute Gasteiger partial charge is 0.436 e. The summed E-state index contributed by atoms with van der Waals surface area (Å²) in [5, 5.41) is 0. The van der Waals surface area contributed by atoms with Crippen LogP contribution in [0.1, 0.15) is 49.0 Å². The van der Waals surface area contributed by atoms with E-state index in [0.717, 1.165) is 0 Å². The van der Waals surface area contributed by atoms with Gasteiger partial charge >= 0.3 is 0 Å². The zero-order valence-corrected chi connectivity index (χ0v) is 12.7. The van der Waals surface area contributed by atoms with Gasteiger partial charge < -0.3 is 4.74 Å². The van der Waals surface area contributed by atoms with Gasteiger partial charge in [0.25, 0.3) is 5.88 Å². The third-order valence-corrected chi connectivity index (χ3v) is 4.22.